The fourth-order valence-electron chi connectivity index (χ4n) is 0.839. The first-order chi connectivity index (χ1) is 5.65. The second-order valence-corrected chi connectivity index (χ2v) is 4.04. The molecule has 4 heteroatoms. The molecule has 0 aromatic heterocycles. The lowest BCUT2D eigenvalue weighted by Gasteiger charge is -2.06. The van der Waals surface area contributed by atoms with Gasteiger partial charge in [0.1, 0.15) is 11.6 Å². The molecular weight excluding hydrogens is 294 g/mol. The molecule has 0 saturated heterocycles. The number of hydrogen-bond donors (Lipinski definition) is 0. The van der Waals surface area contributed by atoms with E-state index in [0.717, 1.165) is 6.07 Å². The third-order valence-corrected chi connectivity index (χ3v) is 3.77. The lowest BCUT2D eigenvalue weighted by molar-refractivity contribution is 0.573. The van der Waals surface area contributed by atoms with Gasteiger partial charge in [-0.05, 0) is 6.07 Å². The molecule has 1 rings (SSSR count). The van der Waals surface area contributed by atoms with Crippen molar-refractivity contribution in [1.29, 1.82) is 0 Å². The van der Waals surface area contributed by atoms with E-state index in [4.69, 9.17) is 0 Å². The first-order valence-corrected chi connectivity index (χ1v) is 5.34. The highest BCUT2D eigenvalue weighted by atomic mass is 79.9. The van der Waals surface area contributed by atoms with Crippen molar-refractivity contribution in [3.63, 3.8) is 0 Å². The summed E-state index contributed by atoms with van der Waals surface area (Å²) in [6.07, 6.45) is 0. The normalized spacial score (nSPS) is 13.0. The summed E-state index contributed by atoms with van der Waals surface area (Å²) in [6.45, 7) is 0. The first-order valence-electron chi connectivity index (χ1n) is 3.30. The Labute approximate surface area is 86.2 Å². The van der Waals surface area contributed by atoms with E-state index in [1.165, 1.54) is 12.1 Å². The second-order valence-electron chi connectivity index (χ2n) is 2.29. The molecule has 1 unspecified atom stereocenters. The van der Waals surface area contributed by atoms with Crippen molar-refractivity contribution >= 4 is 31.9 Å². The van der Waals surface area contributed by atoms with Crippen molar-refractivity contribution in [3.8, 4) is 0 Å². The minimum atomic E-state index is -0.550. The van der Waals surface area contributed by atoms with E-state index in [-0.39, 0.29) is 4.83 Å². The van der Waals surface area contributed by atoms with Gasteiger partial charge in [-0.3, -0.25) is 0 Å². The Morgan fingerprint density at radius 1 is 1.33 bits per heavy atom. The number of halogens is 4. The van der Waals surface area contributed by atoms with Crippen LogP contribution in [0.5, 0.6) is 0 Å². The molecule has 12 heavy (non-hydrogen) atoms. The molecule has 0 saturated carbocycles. The van der Waals surface area contributed by atoms with Gasteiger partial charge < -0.3 is 0 Å². The van der Waals surface area contributed by atoms with Crippen molar-refractivity contribution in [2.45, 2.75) is 4.83 Å². The molecule has 0 spiro atoms. The molecule has 1 atom stereocenters. The third kappa shape index (κ3) is 2.26. The topological polar surface area (TPSA) is 0 Å². The molecular formula is C8H6Br2F2. The summed E-state index contributed by atoms with van der Waals surface area (Å²) in [5, 5.41) is 0.593. The first kappa shape index (κ1) is 10.1. The zero-order valence-corrected chi connectivity index (χ0v) is 9.20. The summed E-state index contributed by atoms with van der Waals surface area (Å²) in [5.41, 5.74) is 0.466. The van der Waals surface area contributed by atoms with Gasteiger partial charge >= 0.3 is 0 Å². The summed E-state index contributed by atoms with van der Waals surface area (Å²) in [4.78, 5) is -0.113. The van der Waals surface area contributed by atoms with Crippen molar-refractivity contribution in [2.24, 2.45) is 0 Å². The average molecular weight is 300 g/mol. The highest BCUT2D eigenvalue weighted by Gasteiger charge is 2.11. The van der Waals surface area contributed by atoms with Crippen LogP contribution < -0.4 is 0 Å². The third-order valence-electron chi connectivity index (χ3n) is 1.44. The summed E-state index contributed by atoms with van der Waals surface area (Å²) < 4.78 is 25.4. The Hall–Kier alpha value is 0.0400. The molecule has 1 aromatic carbocycles. The molecule has 1 aromatic rings. The van der Waals surface area contributed by atoms with E-state index in [1.54, 1.807) is 0 Å². The minimum absolute atomic E-state index is 0.113. The van der Waals surface area contributed by atoms with Crippen LogP contribution >= 0.6 is 31.9 Å². The average Bonchev–Trinajstić information content (AvgIpc) is 2.03. The molecule has 0 fully saturated rings. The van der Waals surface area contributed by atoms with Gasteiger partial charge in [0, 0.05) is 17.0 Å². The quantitative estimate of drug-likeness (QED) is 0.729. The van der Waals surface area contributed by atoms with Crippen molar-refractivity contribution in [3.05, 3.63) is 35.4 Å². The van der Waals surface area contributed by atoms with Crippen LogP contribution in [0.15, 0.2) is 18.2 Å². The Bertz CT molecular complexity index is 276. The zero-order chi connectivity index (χ0) is 9.14. The molecule has 0 amide bonds. The molecule has 66 valence electrons. The van der Waals surface area contributed by atoms with Gasteiger partial charge in [-0.1, -0.05) is 37.9 Å². The molecule has 0 aliphatic rings. The molecule has 0 aliphatic carbocycles. The van der Waals surface area contributed by atoms with E-state index in [0.29, 0.717) is 10.9 Å². The number of alkyl halides is 2. The van der Waals surface area contributed by atoms with Gasteiger partial charge in [-0.15, -0.1) is 0 Å². The minimum Gasteiger partial charge on any atom is -0.207 e. The van der Waals surface area contributed by atoms with Gasteiger partial charge in [0.15, 0.2) is 0 Å². The molecule has 0 heterocycles. The van der Waals surface area contributed by atoms with Crippen LogP contribution in [0.25, 0.3) is 0 Å². The summed E-state index contributed by atoms with van der Waals surface area (Å²) in [7, 11) is 0. The fourth-order valence-corrected chi connectivity index (χ4v) is 1.56. The van der Waals surface area contributed by atoms with Crippen LogP contribution in [0.3, 0.4) is 0 Å². The van der Waals surface area contributed by atoms with Crippen LogP contribution in [0, 0.1) is 11.6 Å². The van der Waals surface area contributed by atoms with Crippen molar-refractivity contribution in [2.75, 3.05) is 5.33 Å². The van der Waals surface area contributed by atoms with Crippen molar-refractivity contribution in [1.82, 2.24) is 0 Å². The predicted octanol–water partition coefficient (Wildman–Crippen LogP) is 3.80. The molecule has 0 N–H and O–H groups in total. The smallest absolute Gasteiger partial charge is 0.130 e. The number of hydrogen-bond acceptors (Lipinski definition) is 0. The Morgan fingerprint density at radius 3 is 2.50 bits per heavy atom. The van der Waals surface area contributed by atoms with Gasteiger partial charge in [0.2, 0.25) is 0 Å². The van der Waals surface area contributed by atoms with Gasteiger partial charge in [-0.2, -0.15) is 0 Å². The van der Waals surface area contributed by atoms with Crippen LogP contribution in [-0.4, -0.2) is 5.33 Å². The number of rotatable bonds is 2. The van der Waals surface area contributed by atoms with Crippen LogP contribution in [-0.2, 0) is 0 Å². The Kier molecular flexibility index (Phi) is 3.65. The molecule has 0 nitrogen and oxygen atoms in total. The SMILES string of the molecule is Fc1ccc(C(Br)CBr)c(F)c1. The van der Waals surface area contributed by atoms with Gasteiger partial charge in [0.25, 0.3) is 0 Å². The fraction of sp³-hybridized carbons (Fsp3) is 0.250. The molecule has 0 radical (unpaired) electrons. The monoisotopic (exact) mass is 298 g/mol. The van der Waals surface area contributed by atoms with Crippen molar-refractivity contribution < 1.29 is 8.78 Å². The van der Waals surface area contributed by atoms with E-state index in [1.807, 2.05) is 0 Å². The molecule has 0 bridgehead atoms. The Morgan fingerprint density at radius 2 is 2.00 bits per heavy atom. The lowest BCUT2D eigenvalue weighted by atomic mass is 10.1. The van der Waals surface area contributed by atoms with E-state index in [9.17, 15) is 8.78 Å². The van der Waals surface area contributed by atoms with E-state index < -0.39 is 11.6 Å². The summed E-state index contributed by atoms with van der Waals surface area (Å²) in [5.74, 6) is -1.07. The van der Waals surface area contributed by atoms with Crippen LogP contribution in [0.4, 0.5) is 8.78 Å². The highest BCUT2D eigenvalue weighted by Crippen LogP contribution is 2.27. The lowest BCUT2D eigenvalue weighted by Crippen LogP contribution is -1.95. The maximum absolute atomic E-state index is 13.0. The maximum atomic E-state index is 13.0. The standard InChI is InChI=1S/C8H6Br2F2/c9-4-7(10)6-2-1-5(11)3-8(6)12/h1-3,7H,4H2. The van der Waals surface area contributed by atoms with E-state index in [2.05, 4.69) is 31.9 Å². The largest absolute Gasteiger partial charge is 0.207 e. The highest BCUT2D eigenvalue weighted by molar-refractivity contribution is 9.12. The summed E-state index contributed by atoms with van der Waals surface area (Å²) in [6, 6.07) is 3.56. The molecule has 0 aliphatic heterocycles. The van der Waals surface area contributed by atoms with E-state index >= 15 is 0 Å². The maximum Gasteiger partial charge on any atom is 0.130 e. The van der Waals surface area contributed by atoms with Gasteiger partial charge in [-0.25, -0.2) is 8.78 Å². The second kappa shape index (κ2) is 4.33. The number of benzene rings is 1. The predicted molar refractivity (Wildman–Crippen MR) is 51.8 cm³/mol. The van der Waals surface area contributed by atoms with Crippen LogP contribution in [0.1, 0.15) is 10.4 Å². The van der Waals surface area contributed by atoms with Gasteiger partial charge in [0.05, 0.1) is 4.83 Å². The van der Waals surface area contributed by atoms with Crippen LogP contribution in [0.2, 0.25) is 0 Å². The Balaban J connectivity index is 3.01. The zero-order valence-electron chi connectivity index (χ0n) is 6.03. The summed E-state index contributed by atoms with van der Waals surface area (Å²) >= 11 is 6.45.